The smallest absolute Gasteiger partial charge is 0.475 e. The molecule has 8 nitrogen and oxygen atoms in total. The molecule has 2 N–H and O–H groups in total. The van der Waals surface area contributed by atoms with Gasteiger partial charge in [-0.1, -0.05) is 6.07 Å². The van der Waals surface area contributed by atoms with Crippen LogP contribution in [-0.2, 0) is 28.2 Å². The molecule has 0 aliphatic carbocycles. The molecule has 0 amide bonds. The number of nitrogens with zero attached hydrogens (tertiary/aromatic N) is 4. The van der Waals surface area contributed by atoms with E-state index in [1.807, 2.05) is 17.5 Å². The zero-order chi connectivity index (χ0) is 27.3. The van der Waals surface area contributed by atoms with E-state index in [1.165, 1.54) is 29.2 Å². The molecule has 0 bridgehead atoms. The Labute approximate surface area is 206 Å². The molecule has 0 radical (unpaired) electrons. The van der Waals surface area contributed by atoms with Gasteiger partial charge in [0.25, 0.3) is 0 Å². The van der Waals surface area contributed by atoms with Crippen LogP contribution in [0, 0.1) is 6.92 Å². The molecule has 0 unspecified atom stereocenters. The minimum atomic E-state index is -5.08. The molecule has 1 fully saturated rings. The average molecular weight is 545 g/mol. The lowest BCUT2D eigenvalue weighted by Crippen LogP contribution is -2.56. The van der Waals surface area contributed by atoms with E-state index in [4.69, 9.17) is 24.8 Å². The van der Waals surface area contributed by atoms with E-state index in [-0.39, 0.29) is 5.54 Å². The van der Waals surface area contributed by atoms with Crippen LogP contribution in [-0.4, -0.2) is 80.5 Å². The molecular formula is C21H26F6N4O4S. The number of halogens is 6. The molecule has 202 valence electrons. The van der Waals surface area contributed by atoms with Crippen LogP contribution < -0.4 is 0 Å². The van der Waals surface area contributed by atoms with Crippen LogP contribution in [0.3, 0.4) is 0 Å². The van der Waals surface area contributed by atoms with Crippen molar-refractivity contribution in [1.29, 1.82) is 0 Å². The molecule has 2 aliphatic heterocycles. The standard InChI is InChI=1S/C17H24N4S.2C2HF3O2/c1-14-12-18-16-17(19(2)9-10-21(14)16)5-7-20(8-6-17)13-15-4-3-11-22-15;2*3-2(4,5)1(6)7/h3-4,11-12H,5-10,13H2,1-2H3;2*(H,6,7). The Balaban J connectivity index is 0.000000271. The highest BCUT2D eigenvalue weighted by atomic mass is 32.1. The average Bonchev–Trinajstić information content (AvgIpc) is 3.42. The van der Waals surface area contributed by atoms with Crippen molar-refractivity contribution in [2.24, 2.45) is 0 Å². The van der Waals surface area contributed by atoms with Crippen molar-refractivity contribution >= 4 is 23.3 Å². The summed E-state index contributed by atoms with van der Waals surface area (Å²) >= 11 is 1.87. The maximum Gasteiger partial charge on any atom is 0.490 e. The molecule has 4 rings (SSSR count). The monoisotopic (exact) mass is 544 g/mol. The molecule has 0 atom stereocenters. The van der Waals surface area contributed by atoms with Crippen LogP contribution in [0.5, 0.6) is 0 Å². The van der Waals surface area contributed by atoms with Crippen LogP contribution in [0.1, 0.15) is 29.2 Å². The number of likely N-dealkylation sites (N-methyl/N-ethyl adjacent to an activating group) is 1. The lowest BCUT2D eigenvalue weighted by atomic mass is 9.83. The lowest BCUT2D eigenvalue weighted by molar-refractivity contribution is -0.193. The van der Waals surface area contributed by atoms with Crippen molar-refractivity contribution in [2.75, 3.05) is 26.7 Å². The van der Waals surface area contributed by atoms with E-state index in [0.29, 0.717) is 0 Å². The number of fused-ring (bicyclic) bond motifs is 2. The van der Waals surface area contributed by atoms with Gasteiger partial charge < -0.3 is 14.8 Å². The second-order valence-corrected chi connectivity index (χ2v) is 9.32. The highest BCUT2D eigenvalue weighted by molar-refractivity contribution is 7.09. The summed E-state index contributed by atoms with van der Waals surface area (Å²) in [5, 5.41) is 16.4. The first-order valence-electron chi connectivity index (χ1n) is 10.7. The minimum absolute atomic E-state index is 0.151. The topological polar surface area (TPSA) is 98.9 Å². The van der Waals surface area contributed by atoms with Crippen LogP contribution in [0.4, 0.5) is 26.3 Å². The Morgan fingerprint density at radius 1 is 1.03 bits per heavy atom. The minimum Gasteiger partial charge on any atom is -0.475 e. The van der Waals surface area contributed by atoms with Gasteiger partial charge in [0.05, 0.1) is 5.54 Å². The molecule has 0 saturated carbocycles. The molecule has 4 heterocycles. The van der Waals surface area contributed by atoms with Gasteiger partial charge in [0.1, 0.15) is 5.82 Å². The summed E-state index contributed by atoms with van der Waals surface area (Å²) in [7, 11) is 2.28. The van der Waals surface area contributed by atoms with Gasteiger partial charge in [-0.05, 0) is 38.3 Å². The van der Waals surface area contributed by atoms with Gasteiger partial charge in [-0.25, -0.2) is 14.6 Å². The largest absolute Gasteiger partial charge is 0.490 e. The fourth-order valence-electron chi connectivity index (χ4n) is 4.06. The van der Waals surface area contributed by atoms with E-state index >= 15 is 0 Å². The van der Waals surface area contributed by atoms with E-state index in [2.05, 4.69) is 45.9 Å². The van der Waals surface area contributed by atoms with Gasteiger partial charge in [0.15, 0.2) is 0 Å². The van der Waals surface area contributed by atoms with Gasteiger partial charge >= 0.3 is 24.3 Å². The third-order valence-corrected chi connectivity index (χ3v) is 6.85. The fourth-order valence-corrected chi connectivity index (χ4v) is 4.80. The number of likely N-dealkylation sites (tertiary alicyclic amines) is 1. The lowest BCUT2D eigenvalue weighted by Gasteiger charge is -2.49. The van der Waals surface area contributed by atoms with Gasteiger partial charge in [0, 0.05) is 49.5 Å². The number of thiophene rings is 1. The quantitative estimate of drug-likeness (QED) is 0.553. The first-order valence-corrected chi connectivity index (χ1v) is 11.5. The number of carboxylic acids is 2. The van der Waals surface area contributed by atoms with E-state index in [9.17, 15) is 26.3 Å². The summed E-state index contributed by atoms with van der Waals surface area (Å²) in [6.45, 7) is 7.82. The summed E-state index contributed by atoms with van der Waals surface area (Å²) in [4.78, 5) is 29.2. The molecular weight excluding hydrogens is 518 g/mol. The number of rotatable bonds is 2. The first kappa shape index (κ1) is 29.6. The Kier molecular flexibility index (Phi) is 9.53. The van der Waals surface area contributed by atoms with Crippen molar-refractivity contribution in [3.8, 4) is 0 Å². The van der Waals surface area contributed by atoms with Crippen LogP contribution in [0.2, 0.25) is 0 Å². The summed E-state index contributed by atoms with van der Waals surface area (Å²) in [5.41, 5.74) is 1.46. The SMILES string of the molecule is Cc1cnc2n1CCN(C)C21CCN(Cc2cccs2)CC1.O=C(O)C(F)(F)F.O=C(O)C(F)(F)F. The first-order chi connectivity index (χ1) is 16.6. The molecule has 0 aromatic carbocycles. The van der Waals surface area contributed by atoms with Gasteiger partial charge in [-0.3, -0.25) is 9.80 Å². The Bertz CT molecular complexity index is 991. The van der Waals surface area contributed by atoms with Gasteiger partial charge in [-0.15, -0.1) is 11.3 Å². The summed E-state index contributed by atoms with van der Waals surface area (Å²) in [5.74, 6) is -4.21. The number of hydrogen-bond donors (Lipinski definition) is 2. The molecule has 2 aromatic rings. The second kappa shape index (κ2) is 11.6. The molecule has 36 heavy (non-hydrogen) atoms. The number of imidazole rings is 1. The van der Waals surface area contributed by atoms with Crippen molar-refractivity contribution in [1.82, 2.24) is 19.4 Å². The van der Waals surface area contributed by atoms with Crippen molar-refractivity contribution in [3.63, 3.8) is 0 Å². The van der Waals surface area contributed by atoms with Crippen LogP contribution >= 0.6 is 11.3 Å². The fraction of sp³-hybridized carbons (Fsp3) is 0.571. The summed E-state index contributed by atoms with van der Waals surface area (Å²) in [6.07, 6.45) is -5.75. The van der Waals surface area contributed by atoms with E-state index < -0.39 is 24.3 Å². The Hall–Kier alpha value is -2.65. The number of aliphatic carboxylic acids is 2. The summed E-state index contributed by atoms with van der Waals surface area (Å²) in [6, 6.07) is 4.40. The molecule has 1 spiro atoms. The predicted octanol–water partition coefficient (Wildman–Crippen LogP) is 3.96. The highest BCUT2D eigenvalue weighted by Gasteiger charge is 2.45. The highest BCUT2D eigenvalue weighted by Crippen LogP contribution is 2.40. The Morgan fingerprint density at radius 2 is 1.56 bits per heavy atom. The second-order valence-electron chi connectivity index (χ2n) is 8.29. The molecule has 2 aromatic heterocycles. The predicted molar refractivity (Wildman–Crippen MR) is 117 cm³/mol. The zero-order valence-electron chi connectivity index (χ0n) is 19.4. The number of aryl methyl sites for hydroxylation is 1. The number of hydrogen-bond acceptors (Lipinski definition) is 6. The van der Waals surface area contributed by atoms with Crippen molar-refractivity contribution < 1.29 is 46.1 Å². The maximum atomic E-state index is 10.6. The van der Waals surface area contributed by atoms with Crippen molar-refractivity contribution in [3.05, 3.63) is 40.1 Å². The third kappa shape index (κ3) is 7.43. The van der Waals surface area contributed by atoms with Crippen LogP contribution in [0.25, 0.3) is 0 Å². The van der Waals surface area contributed by atoms with Crippen molar-refractivity contribution in [2.45, 2.75) is 50.7 Å². The Morgan fingerprint density at radius 3 is 2.00 bits per heavy atom. The van der Waals surface area contributed by atoms with E-state index in [1.54, 1.807) is 0 Å². The number of alkyl halides is 6. The molecule has 2 aliphatic rings. The van der Waals surface area contributed by atoms with Gasteiger partial charge in [-0.2, -0.15) is 26.3 Å². The number of piperidine rings is 1. The normalized spacial score (nSPS) is 17.9. The van der Waals surface area contributed by atoms with E-state index in [0.717, 1.165) is 32.7 Å². The molecule has 15 heteroatoms. The number of carbonyl (C=O) groups is 2. The molecule has 1 saturated heterocycles. The van der Waals surface area contributed by atoms with Gasteiger partial charge in [0.2, 0.25) is 0 Å². The maximum absolute atomic E-state index is 10.6. The third-order valence-electron chi connectivity index (χ3n) is 5.99. The number of carboxylic acid groups (broad SMARTS) is 2. The zero-order valence-corrected chi connectivity index (χ0v) is 20.3. The van der Waals surface area contributed by atoms with Crippen LogP contribution in [0.15, 0.2) is 23.7 Å². The summed E-state index contributed by atoms with van der Waals surface area (Å²) < 4.78 is 65.9. The number of aromatic nitrogens is 2.